The Morgan fingerprint density at radius 3 is 1.34 bits per heavy atom. The Morgan fingerprint density at radius 1 is 0.543 bits per heavy atom. The summed E-state index contributed by atoms with van der Waals surface area (Å²) in [6.07, 6.45) is -0.743. The van der Waals surface area contributed by atoms with Gasteiger partial charge in [0.2, 0.25) is 34.5 Å². The zero-order valence-electron chi connectivity index (χ0n) is 21.7. The van der Waals surface area contributed by atoms with Crippen molar-refractivity contribution in [3.8, 4) is 57.5 Å². The molecule has 192 valence electrons. The number of ether oxygens (including phenoxy) is 9. The van der Waals surface area contributed by atoms with Gasteiger partial charge in [0.15, 0.2) is 29.1 Å². The highest BCUT2D eigenvalue weighted by Gasteiger charge is 2.40. The SMILES string of the molecule is COc1c(O)c(OC)c(OC)c([C@H]2Oc3c(OC)c(OC)c(OC)c(OC)c3C(C)=C2C)c1OC. The number of rotatable bonds is 9. The molecule has 0 amide bonds. The minimum Gasteiger partial charge on any atom is -0.501 e. The van der Waals surface area contributed by atoms with Gasteiger partial charge in [-0.25, -0.2) is 0 Å². The summed E-state index contributed by atoms with van der Waals surface area (Å²) in [7, 11) is 11.8. The molecule has 2 aromatic rings. The van der Waals surface area contributed by atoms with Gasteiger partial charge >= 0.3 is 0 Å². The van der Waals surface area contributed by atoms with Crippen LogP contribution >= 0.6 is 0 Å². The third-order valence-electron chi connectivity index (χ3n) is 6.10. The molecule has 0 fully saturated rings. The van der Waals surface area contributed by atoms with Gasteiger partial charge in [-0.1, -0.05) is 0 Å². The van der Waals surface area contributed by atoms with Crippen molar-refractivity contribution >= 4 is 5.57 Å². The van der Waals surface area contributed by atoms with Gasteiger partial charge in [-0.2, -0.15) is 0 Å². The number of allylic oxidation sites excluding steroid dienone is 1. The lowest BCUT2D eigenvalue weighted by Gasteiger charge is -2.34. The number of hydrogen-bond donors (Lipinski definition) is 1. The highest BCUT2D eigenvalue weighted by molar-refractivity contribution is 5.87. The van der Waals surface area contributed by atoms with Crippen LogP contribution in [0.15, 0.2) is 5.57 Å². The molecule has 1 aliphatic rings. The Balaban J connectivity index is 2.45. The van der Waals surface area contributed by atoms with Gasteiger partial charge in [-0.05, 0) is 25.0 Å². The van der Waals surface area contributed by atoms with Crippen LogP contribution in [-0.2, 0) is 0 Å². The van der Waals surface area contributed by atoms with E-state index < -0.39 is 6.10 Å². The summed E-state index contributed by atoms with van der Waals surface area (Å²) in [6, 6.07) is 0. The molecule has 0 radical (unpaired) electrons. The maximum absolute atomic E-state index is 10.8. The van der Waals surface area contributed by atoms with E-state index in [9.17, 15) is 5.11 Å². The van der Waals surface area contributed by atoms with Crippen molar-refractivity contribution in [2.24, 2.45) is 0 Å². The Morgan fingerprint density at radius 2 is 0.943 bits per heavy atom. The third-order valence-corrected chi connectivity index (χ3v) is 6.10. The molecule has 0 saturated heterocycles. The van der Waals surface area contributed by atoms with Crippen LogP contribution in [0.3, 0.4) is 0 Å². The maximum atomic E-state index is 10.8. The summed E-state index contributed by atoms with van der Waals surface area (Å²) in [6.45, 7) is 3.85. The van der Waals surface area contributed by atoms with Crippen LogP contribution < -0.4 is 42.6 Å². The molecule has 0 aromatic heterocycles. The van der Waals surface area contributed by atoms with Crippen molar-refractivity contribution in [3.05, 3.63) is 16.7 Å². The fourth-order valence-corrected chi connectivity index (χ4v) is 4.41. The molecule has 10 heteroatoms. The van der Waals surface area contributed by atoms with Crippen LogP contribution in [0.4, 0.5) is 0 Å². The van der Waals surface area contributed by atoms with Crippen LogP contribution in [0.2, 0.25) is 0 Å². The summed E-state index contributed by atoms with van der Waals surface area (Å²) in [5.41, 5.74) is 2.78. The first kappa shape index (κ1) is 25.8. The van der Waals surface area contributed by atoms with Crippen molar-refractivity contribution in [3.63, 3.8) is 0 Å². The Bertz CT molecular complexity index is 1120. The van der Waals surface area contributed by atoms with E-state index >= 15 is 0 Å². The van der Waals surface area contributed by atoms with Gasteiger partial charge in [0.05, 0.1) is 68.0 Å². The number of fused-ring (bicyclic) bond motifs is 1. The number of phenols is 1. The van der Waals surface area contributed by atoms with Gasteiger partial charge in [-0.3, -0.25) is 0 Å². The fraction of sp³-hybridized carbons (Fsp3) is 0.440. The molecule has 0 spiro atoms. The standard InChI is InChI=1S/C25H32O10/c1-11-12(2)16(14-18(28-4)21(30-6)15(26)22(31-7)19(14)29-5)35-20-13(11)17(27-3)23(32-8)25(34-10)24(20)33-9/h16,26H,1-10H3/t16-/m0/s1. The van der Waals surface area contributed by atoms with Crippen molar-refractivity contribution in [2.45, 2.75) is 20.0 Å². The number of aromatic hydroxyl groups is 1. The molecule has 0 saturated carbocycles. The highest BCUT2D eigenvalue weighted by atomic mass is 16.6. The molecular formula is C25H32O10. The molecular weight excluding hydrogens is 460 g/mol. The second-order valence-electron chi connectivity index (χ2n) is 7.54. The van der Waals surface area contributed by atoms with E-state index in [2.05, 4.69) is 0 Å². The zero-order chi connectivity index (χ0) is 26.0. The molecule has 3 rings (SSSR count). The molecule has 1 heterocycles. The van der Waals surface area contributed by atoms with E-state index in [1.807, 2.05) is 13.8 Å². The predicted octanol–water partition coefficient (Wildman–Crippen LogP) is 4.39. The molecule has 1 aliphatic heterocycles. The average molecular weight is 493 g/mol. The Kier molecular flexibility index (Phi) is 7.52. The van der Waals surface area contributed by atoms with Crippen LogP contribution in [0.5, 0.6) is 57.5 Å². The molecule has 35 heavy (non-hydrogen) atoms. The minimum absolute atomic E-state index is 0.0804. The zero-order valence-corrected chi connectivity index (χ0v) is 21.7. The summed E-state index contributed by atoms with van der Waals surface area (Å²) >= 11 is 0. The largest absolute Gasteiger partial charge is 0.501 e. The number of benzene rings is 2. The predicted molar refractivity (Wildman–Crippen MR) is 129 cm³/mol. The van der Waals surface area contributed by atoms with E-state index in [1.54, 1.807) is 7.11 Å². The Labute approximate surface area is 204 Å². The molecule has 10 nitrogen and oxygen atoms in total. The first-order valence-electron chi connectivity index (χ1n) is 10.6. The third kappa shape index (κ3) is 3.73. The highest BCUT2D eigenvalue weighted by Crippen LogP contribution is 2.62. The molecule has 0 bridgehead atoms. The average Bonchev–Trinajstić information content (AvgIpc) is 2.87. The lowest BCUT2D eigenvalue weighted by Crippen LogP contribution is -2.19. The summed E-state index contributed by atoms with van der Waals surface area (Å²) in [5, 5.41) is 10.8. The van der Waals surface area contributed by atoms with E-state index in [0.29, 0.717) is 39.9 Å². The van der Waals surface area contributed by atoms with E-state index in [1.165, 1.54) is 49.8 Å². The van der Waals surface area contributed by atoms with E-state index in [0.717, 1.165) is 11.1 Å². The van der Waals surface area contributed by atoms with Crippen molar-refractivity contribution in [2.75, 3.05) is 56.9 Å². The van der Waals surface area contributed by atoms with Gasteiger partial charge in [-0.15, -0.1) is 0 Å². The van der Waals surface area contributed by atoms with Gasteiger partial charge in [0, 0.05) is 0 Å². The lowest BCUT2D eigenvalue weighted by molar-refractivity contribution is 0.203. The topological polar surface area (TPSA) is 103 Å². The Hall–Kier alpha value is -3.82. The van der Waals surface area contributed by atoms with Crippen molar-refractivity contribution < 1.29 is 47.7 Å². The van der Waals surface area contributed by atoms with Crippen LogP contribution in [-0.4, -0.2) is 62.0 Å². The van der Waals surface area contributed by atoms with E-state index in [4.69, 9.17) is 42.6 Å². The van der Waals surface area contributed by atoms with Crippen LogP contribution in [0, 0.1) is 0 Å². The van der Waals surface area contributed by atoms with Crippen LogP contribution in [0.25, 0.3) is 5.57 Å². The number of phenolic OH excluding ortho intramolecular Hbond substituents is 1. The van der Waals surface area contributed by atoms with Crippen molar-refractivity contribution in [1.82, 2.24) is 0 Å². The molecule has 0 aliphatic carbocycles. The number of methoxy groups -OCH3 is 8. The smallest absolute Gasteiger partial charge is 0.211 e. The van der Waals surface area contributed by atoms with Crippen molar-refractivity contribution in [1.29, 1.82) is 0 Å². The van der Waals surface area contributed by atoms with Gasteiger partial charge < -0.3 is 47.7 Å². The summed E-state index contributed by atoms with van der Waals surface area (Å²) in [5.74, 6) is 2.21. The first-order chi connectivity index (χ1) is 16.8. The molecule has 1 N–H and O–H groups in total. The normalized spacial score (nSPS) is 14.5. The minimum atomic E-state index is -0.743. The van der Waals surface area contributed by atoms with Crippen LogP contribution in [0.1, 0.15) is 31.1 Å². The monoisotopic (exact) mass is 492 g/mol. The van der Waals surface area contributed by atoms with Gasteiger partial charge in [0.25, 0.3) is 0 Å². The van der Waals surface area contributed by atoms with E-state index in [-0.39, 0.29) is 28.7 Å². The summed E-state index contributed by atoms with van der Waals surface area (Å²) < 4.78 is 51.5. The second-order valence-corrected chi connectivity index (χ2v) is 7.54. The summed E-state index contributed by atoms with van der Waals surface area (Å²) in [4.78, 5) is 0. The lowest BCUT2D eigenvalue weighted by atomic mass is 9.89. The molecule has 0 unspecified atom stereocenters. The maximum Gasteiger partial charge on any atom is 0.211 e. The fourth-order valence-electron chi connectivity index (χ4n) is 4.41. The first-order valence-corrected chi connectivity index (χ1v) is 10.6. The second kappa shape index (κ2) is 10.2. The number of hydrogen-bond acceptors (Lipinski definition) is 10. The molecule has 1 atom stereocenters. The van der Waals surface area contributed by atoms with Gasteiger partial charge in [0.1, 0.15) is 0 Å². The quantitative estimate of drug-likeness (QED) is 0.542. The molecule has 2 aromatic carbocycles.